The van der Waals surface area contributed by atoms with Crippen molar-refractivity contribution in [3.63, 3.8) is 0 Å². The zero-order chi connectivity index (χ0) is 14.4. The van der Waals surface area contributed by atoms with Gasteiger partial charge in [-0.1, -0.05) is 65.8 Å². The Morgan fingerprint density at radius 3 is 2.45 bits per heavy atom. The third-order valence-electron chi connectivity index (χ3n) is 3.36. The van der Waals surface area contributed by atoms with Crippen molar-refractivity contribution in [2.24, 2.45) is 0 Å². The van der Waals surface area contributed by atoms with Crippen LogP contribution in [0.5, 0.6) is 0 Å². The van der Waals surface area contributed by atoms with Gasteiger partial charge >= 0.3 is 0 Å². The van der Waals surface area contributed by atoms with Crippen molar-refractivity contribution in [2.45, 2.75) is 19.8 Å². The summed E-state index contributed by atoms with van der Waals surface area (Å²) in [7, 11) is 0. The molecule has 0 aliphatic rings. The highest BCUT2D eigenvalue weighted by Gasteiger charge is 1.99. The van der Waals surface area contributed by atoms with Crippen LogP contribution in [0.3, 0.4) is 0 Å². The quantitative estimate of drug-likeness (QED) is 0.801. The maximum atomic E-state index is 4.09. The Kier molecular flexibility index (Phi) is 5.42. The SMILES string of the molecule is C=C(NCCc1ccc(CC)cc1)c1cccc(Br)c1. The average Bonchev–Trinajstić information content (AvgIpc) is 2.48. The normalized spacial score (nSPS) is 10.3. The third-order valence-corrected chi connectivity index (χ3v) is 3.85. The van der Waals surface area contributed by atoms with Gasteiger partial charge in [0.15, 0.2) is 0 Å². The lowest BCUT2D eigenvalue weighted by Crippen LogP contribution is -2.15. The summed E-state index contributed by atoms with van der Waals surface area (Å²) in [6, 6.07) is 17.0. The Hall–Kier alpha value is -1.54. The Labute approximate surface area is 129 Å². The summed E-state index contributed by atoms with van der Waals surface area (Å²) in [5.41, 5.74) is 4.84. The van der Waals surface area contributed by atoms with Gasteiger partial charge in [-0.3, -0.25) is 0 Å². The number of rotatable bonds is 6. The van der Waals surface area contributed by atoms with E-state index in [1.54, 1.807) is 0 Å². The molecule has 20 heavy (non-hydrogen) atoms. The number of benzene rings is 2. The van der Waals surface area contributed by atoms with Crippen LogP contribution < -0.4 is 5.32 Å². The standard InChI is InChI=1S/C18H20BrN/c1-3-15-7-9-16(10-8-15)11-12-20-14(2)17-5-4-6-18(19)13-17/h4-10,13,20H,2-3,11-12H2,1H3. The fraction of sp³-hybridized carbons (Fsp3) is 0.222. The summed E-state index contributed by atoms with van der Waals surface area (Å²) >= 11 is 3.48. The summed E-state index contributed by atoms with van der Waals surface area (Å²) in [5, 5.41) is 3.39. The van der Waals surface area contributed by atoms with Gasteiger partial charge in [-0.2, -0.15) is 0 Å². The topological polar surface area (TPSA) is 12.0 Å². The molecule has 0 heterocycles. The highest BCUT2D eigenvalue weighted by Crippen LogP contribution is 2.16. The van der Waals surface area contributed by atoms with E-state index in [9.17, 15) is 0 Å². The molecule has 2 aromatic rings. The van der Waals surface area contributed by atoms with E-state index in [4.69, 9.17) is 0 Å². The van der Waals surface area contributed by atoms with Crippen LogP contribution in [-0.4, -0.2) is 6.54 Å². The minimum atomic E-state index is 0.900. The lowest BCUT2D eigenvalue weighted by Gasteiger charge is -2.10. The number of aryl methyl sites for hydroxylation is 1. The molecule has 104 valence electrons. The first-order valence-corrected chi connectivity index (χ1v) is 7.75. The molecule has 0 aliphatic heterocycles. The highest BCUT2D eigenvalue weighted by molar-refractivity contribution is 9.10. The molecule has 0 radical (unpaired) electrons. The predicted octanol–water partition coefficient (Wildman–Crippen LogP) is 4.81. The van der Waals surface area contributed by atoms with Crippen molar-refractivity contribution in [3.05, 3.63) is 76.3 Å². The van der Waals surface area contributed by atoms with Crippen LogP contribution in [0.4, 0.5) is 0 Å². The van der Waals surface area contributed by atoms with Crippen LogP contribution in [0.1, 0.15) is 23.6 Å². The maximum Gasteiger partial charge on any atom is 0.0341 e. The van der Waals surface area contributed by atoms with Crippen molar-refractivity contribution < 1.29 is 0 Å². The molecule has 2 aromatic carbocycles. The molecule has 0 aromatic heterocycles. The van der Waals surface area contributed by atoms with E-state index in [1.807, 2.05) is 12.1 Å². The first-order valence-electron chi connectivity index (χ1n) is 6.95. The van der Waals surface area contributed by atoms with E-state index < -0.39 is 0 Å². The van der Waals surface area contributed by atoms with Crippen molar-refractivity contribution in [2.75, 3.05) is 6.54 Å². The summed E-state index contributed by atoms with van der Waals surface area (Å²) < 4.78 is 1.08. The Balaban J connectivity index is 1.84. The van der Waals surface area contributed by atoms with E-state index in [1.165, 1.54) is 11.1 Å². The molecule has 0 bridgehead atoms. The number of hydrogen-bond donors (Lipinski definition) is 1. The van der Waals surface area contributed by atoms with E-state index in [2.05, 4.69) is 71.1 Å². The Morgan fingerprint density at radius 1 is 1.10 bits per heavy atom. The lowest BCUT2D eigenvalue weighted by atomic mass is 10.1. The Bertz CT molecular complexity index is 572. The molecule has 0 saturated carbocycles. The van der Waals surface area contributed by atoms with Gasteiger partial charge in [0.05, 0.1) is 0 Å². The fourth-order valence-corrected chi connectivity index (χ4v) is 2.48. The molecule has 0 unspecified atom stereocenters. The van der Waals surface area contributed by atoms with Gasteiger partial charge in [0.1, 0.15) is 0 Å². The molecule has 1 nitrogen and oxygen atoms in total. The van der Waals surface area contributed by atoms with Gasteiger partial charge in [-0.15, -0.1) is 0 Å². The lowest BCUT2D eigenvalue weighted by molar-refractivity contribution is 0.848. The van der Waals surface area contributed by atoms with Crippen molar-refractivity contribution in [1.29, 1.82) is 0 Å². The second kappa shape index (κ2) is 7.30. The van der Waals surface area contributed by atoms with Crippen LogP contribution in [0.25, 0.3) is 5.70 Å². The number of nitrogens with one attached hydrogen (secondary N) is 1. The second-order valence-electron chi connectivity index (χ2n) is 4.84. The van der Waals surface area contributed by atoms with E-state index in [-0.39, 0.29) is 0 Å². The highest BCUT2D eigenvalue weighted by atomic mass is 79.9. The fourth-order valence-electron chi connectivity index (χ4n) is 2.08. The van der Waals surface area contributed by atoms with E-state index >= 15 is 0 Å². The monoisotopic (exact) mass is 329 g/mol. The molecule has 0 fully saturated rings. The minimum absolute atomic E-state index is 0.900. The summed E-state index contributed by atoms with van der Waals surface area (Å²) in [5.74, 6) is 0. The smallest absolute Gasteiger partial charge is 0.0341 e. The van der Waals surface area contributed by atoms with Crippen LogP contribution in [0.2, 0.25) is 0 Å². The van der Waals surface area contributed by atoms with Gasteiger partial charge in [-0.05, 0) is 41.7 Å². The molecule has 0 spiro atoms. The number of hydrogen-bond acceptors (Lipinski definition) is 1. The molecule has 0 aliphatic carbocycles. The molecular formula is C18H20BrN. The zero-order valence-electron chi connectivity index (χ0n) is 11.8. The zero-order valence-corrected chi connectivity index (χ0v) is 13.4. The van der Waals surface area contributed by atoms with Gasteiger partial charge in [-0.25, -0.2) is 0 Å². The first-order chi connectivity index (χ1) is 9.69. The third kappa shape index (κ3) is 4.24. The molecular weight excluding hydrogens is 310 g/mol. The average molecular weight is 330 g/mol. The number of halogens is 1. The Morgan fingerprint density at radius 2 is 1.80 bits per heavy atom. The van der Waals surface area contributed by atoms with Crippen LogP contribution in [0, 0.1) is 0 Å². The van der Waals surface area contributed by atoms with Gasteiger partial charge < -0.3 is 5.32 Å². The van der Waals surface area contributed by atoms with E-state index in [0.29, 0.717) is 0 Å². The van der Waals surface area contributed by atoms with Crippen molar-refractivity contribution in [3.8, 4) is 0 Å². The predicted molar refractivity (Wildman–Crippen MR) is 90.7 cm³/mol. The van der Waals surface area contributed by atoms with Crippen molar-refractivity contribution >= 4 is 21.6 Å². The first kappa shape index (κ1) is 14.9. The molecule has 0 amide bonds. The summed E-state index contributed by atoms with van der Waals surface area (Å²) in [4.78, 5) is 0. The minimum Gasteiger partial charge on any atom is -0.385 e. The largest absolute Gasteiger partial charge is 0.385 e. The van der Waals surface area contributed by atoms with Gasteiger partial charge in [0.2, 0.25) is 0 Å². The molecule has 2 rings (SSSR count). The van der Waals surface area contributed by atoms with Gasteiger partial charge in [0.25, 0.3) is 0 Å². The van der Waals surface area contributed by atoms with Gasteiger partial charge in [0, 0.05) is 16.7 Å². The maximum absolute atomic E-state index is 4.09. The summed E-state index contributed by atoms with van der Waals surface area (Å²) in [6.07, 6.45) is 2.11. The van der Waals surface area contributed by atoms with Crippen LogP contribution in [-0.2, 0) is 12.8 Å². The van der Waals surface area contributed by atoms with Crippen LogP contribution >= 0.6 is 15.9 Å². The van der Waals surface area contributed by atoms with Crippen molar-refractivity contribution in [1.82, 2.24) is 5.32 Å². The molecule has 2 heteroatoms. The van der Waals surface area contributed by atoms with E-state index in [0.717, 1.165) is 35.1 Å². The molecule has 0 saturated heterocycles. The molecule has 0 atom stereocenters. The second-order valence-corrected chi connectivity index (χ2v) is 5.75. The van der Waals surface area contributed by atoms with Crippen LogP contribution in [0.15, 0.2) is 59.6 Å². The summed E-state index contributed by atoms with van der Waals surface area (Å²) in [6.45, 7) is 7.17. The molecule has 1 N–H and O–H groups in total.